The van der Waals surface area contributed by atoms with Crippen LogP contribution >= 0.6 is 12.2 Å². The first-order valence-corrected chi connectivity index (χ1v) is 8.88. The molecule has 1 fully saturated rings. The summed E-state index contributed by atoms with van der Waals surface area (Å²) in [6.07, 6.45) is 1.54. The Hall–Kier alpha value is -3.26. The van der Waals surface area contributed by atoms with Gasteiger partial charge in [-0.2, -0.15) is 0 Å². The molecule has 2 aromatic rings. The van der Waals surface area contributed by atoms with Crippen LogP contribution in [0.5, 0.6) is 0 Å². The minimum absolute atomic E-state index is 0.00222. The molecule has 0 bridgehead atoms. The number of amides is 2. The van der Waals surface area contributed by atoms with Crippen molar-refractivity contribution >= 4 is 41.2 Å². The third kappa shape index (κ3) is 3.22. The van der Waals surface area contributed by atoms with E-state index in [9.17, 15) is 14.4 Å². The molecule has 28 heavy (non-hydrogen) atoms. The molecular formula is C20H19N3O4S. The molecule has 0 unspecified atom stereocenters. The van der Waals surface area contributed by atoms with E-state index in [-0.39, 0.29) is 10.7 Å². The fourth-order valence-corrected chi connectivity index (χ4v) is 3.33. The molecule has 0 saturated carbocycles. The Bertz CT molecular complexity index is 1050. The number of para-hydroxylation sites is 1. The van der Waals surface area contributed by atoms with Crippen molar-refractivity contribution < 1.29 is 19.1 Å². The van der Waals surface area contributed by atoms with Crippen LogP contribution in [-0.2, 0) is 14.3 Å². The minimum atomic E-state index is -0.534. The third-order valence-corrected chi connectivity index (χ3v) is 5.00. The van der Waals surface area contributed by atoms with Crippen molar-refractivity contribution in [1.29, 1.82) is 0 Å². The Labute approximate surface area is 167 Å². The number of esters is 1. The predicted molar refractivity (Wildman–Crippen MR) is 108 cm³/mol. The molecule has 1 N–H and O–H groups in total. The molecule has 1 aromatic heterocycles. The lowest BCUT2D eigenvalue weighted by Crippen LogP contribution is -2.52. The highest BCUT2D eigenvalue weighted by Gasteiger charge is 2.31. The zero-order valence-corrected chi connectivity index (χ0v) is 16.7. The third-order valence-electron chi connectivity index (χ3n) is 4.63. The lowest BCUT2D eigenvalue weighted by atomic mass is 10.1. The molecule has 0 atom stereocenters. The van der Waals surface area contributed by atoms with Gasteiger partial charge < -0.3 is 9.30 Å². The van der Waals surface area contributed by atoms with Gasteiger partial charge in [0.15, 0.2) is 5.11 Å². The molecule has 1 aromatic carbocycles. The molecule has 0 aliphatic carbocycles. The second kappa shape index (κ2) is 7.40. The van der Waals surface area contributed by atoms with E-state index in [0.29, 0.717) is 16.8 Å². The summed E-state index contributed by atoms with van der Waals surface area (Å²) < 4.78 is 6.76. The van der Waals surface area contributed by atoms with E-state index in [4.69, 9.17) is 17.0 Å². The number of hydrogen-bond donors (Lipinski definition) is 1. The number of benzene rings is 1. The van der Waals surface area contributed by atoms with E-state index >= 15 is 0 Å². The molecule has 3 rings (SSSR count). The second-order valence-electron chi connectivity index (χ2n) is 6.35. The maximum absolute atomic E-state index is 12.4. The first-order valence-electron chi connectivity index (χ1n) is 8.48. The van der Waals surface area contributed by atoms with Crippen LogP contribution in [0, 0.1) is 13.8 Å². The van der Waals surface area contributed by atoms with E-state index in [1.807, 2.05) is 36.6 Å². The number of carbonyl (C=O) groups is 3. The summed E-state index contributed by atoms with van der Waals surface area (Å²) in [6, 6.07) is 8.94. The average Bonchev–Trinajstić information content (AvgIpc) is 2.96. The highest BCUT2D eigenvalue weighted by atomic mass is 32.1. The first-order chi connectivity index (χ1) is 13.3. The summed E-state index contributed by atoms with van der Waals surface area (Å²) >= 11 is 4.96. The second-order valence-corrected chi connectivity index (χ2v) is 6.74. The van der Waals surface area contributed by atoms with Crippen LogP contribution in [0.2, 0.25) is 0 Å². The standard InChI is InChI=1S/C20H19N3O4S/c1-11-9-13(10-15-17(24)21-20(28)22(3)18(15)25)12(2)23(11)16-8-6-5-7-14(16)19(26)27-4/h5-10H,1-4H3,(H,21,24,28). The Morgan fingerprint density at radius 1 is 1.21 bits per heavy atom. The molecule has 0 spiro atoms. The first kappa shape index (κ1) is 19.5. The number of rotatable bonds is 3. The molecule has 7 nitrogen and oxygen atoms in total. The normalized spacial score (nSPS) is 15.8. The average molecular weight is 397 g/mol. The zero-order valence-electron chi connectivity index (χ0n) is 15.9. The minimum Gasteiger partial charge on any atom is -0.465 e. The van der Waals surface area contributed by atoms with Crippen molar-refractivity contribution in [2.45, 2.75) is 13.8 Å². The molecule has 1 aliphatic rings. The number of thiocarbonyl (C=S) groups is 1. The number of nitrogens with one attached hydrogen (secondary N) is 1. The number of nitrogens with zero attached hydrogens (tertiary/aromatic N) is 2. The summed E-state index contributed by atoms with van der Waals surface area (Å²) in [5.41, 5.74) is 3.38. The van der Waals surface area contributed by atoms with E-state index < -0.39 is 17.8 Å². The smallest absolute Gasteiger partial charge is 0.339 e. The lowest BCUT2D eigenvalue weighted by molar-refractivity contribution is -0.128. The van der Waals surface area contributed by atoms with Gasteiger partial charge in [-0.1, -0.05) is 12.1 Å². The summed E-state index contributed by atoms with van der Waals surface area (Å²) in [4.78, 5) is 38.0. The number of ether oxygens (including phenoxy) is 1. The highest BCUT2D eigenvalue weighted by molar-refractivity contribution is 7.80. The van der Waals surface area contributed by atoms with Crippen LogP contribution in [-0.4, -0.2) is 46.5 Å². The number of carbonyl (C=O) groups excluding carboxylic acids is 3. The molecule has 144 valence electrons. The maximum Gasteiger partial charge on any atom is 0.339 e. The van der Waals surface area contributed by atoms with Gasteiger partial charge in [-0.15, -0.1) is 0 Å². The monoisotopic (exact) mass is 397 g/mol. The fraction of sp³-hybridized carbons (Fsp3) is 0.200. The summed E-state index contributed by atoms with van der Waals surface area (Å²) in [6.45, 7) is 3.74. The van der Waals surface area contributed by atoms with E-state index in [1.165, 1.54) is 25.1 Å². The molecule has 0 radical (unpaired) electrons. The molecule has 2 heterocycles. The summed E-state index contributed by atoms with van der Waals surface area (Å²) in [5, 5.41) is 2.57. The van der Waals surface area contributed by atoms with Crippen LogP contribution in [0.15, 0.2) is 35.9 Å². The molecular weight excluding hydrogens is 378 g/mol. The Morgan fingerprint density at radius 2 is 1.89 bits per heavy atom. The van der Waals surface area contributed by atoms with Crippen LogP contribution in [0.4, 0.5) is 0 Å². The molecule has 1 saturated heterocycles. The Morgan fingerprint density at radius 3 is 2.57 bits per heavy atom. The van der Waals surface area contributed by atoms with Crippen LogP contribution in [0.3, 0.4) is 0 Å². The van der Waals surface area contributed by atoms with E-state index in [2.05, 4.69) is 5.32 Å². The number of hydrogen-bond acceptors (Lipinski definition) is 5. The summed E-state index contributed by atoms with van der Waals surface area (Å²) in [5.74, 6) is -1.44. The number of likely N-dealkylation sites (N-methyl/N-ethyl adjacent to an activating group) is 1. The topological polar surface area (TPSA) is 80.6 Å². The zero-order chi connectivity index (χ0) is 20.6. The van der Waals surface area contributed by atoms with Crippen molar-refractivity contribution in [2.24, 2.45) is 0 Å². The van der Waals surface area contributed by atoms with Crippen molar-refractivity contribution in [2.75, 3.05) is 14.2 Å². The highest BCUT2D eigenvalue weighted by Crippen LogP contribution is 2.26. The predicted octanol–water partition coefficient (Wildman–Crippen LogP) is 2.14. The molecule has 1 aliphatic heterocycles. The van der Waals surface area contributed by atoms with Gasteiger partial charge in [0, 0.05) is 18.4 Å². The Kier molecular flexibility index (Phi) is 5.15. The largest absolute Gasteiger partial charge is 0.465 e. The molecule has 2 amide bonds. The fourth-order valence-electron chi connectivity index (χ4n) is 3.16. The van der Waals surface area contributed by atoms with Gasteiger partial charge in [0.2, 0.25) is 0 Å². The maximum atomic E-state index is 12.4. The van der Waals surface area contributed by atoms with Gasteiger partial charge in [-0.3, -0.25) is 19.8 Å². The van der Waals surface area contributed by atoms with Crippen LogP contribution in [0.1, 0.15) is 27.3 Å². The van der Waals surface area contributed by atoms with Gasteiger partial charge >= 0.3 is 5.97 Å². The van der Waals surface area contributed by atoms with Gasteiger partial charge in [0.1, 0.15) is 5.57 Å². The lowest BCUT2D eigenvalue weighted by Gasteiger charge is -2.25. The van der Waals surface area contributed by atoms with Crippen LogP contribution in [0.25, 0.3) is 11.8 Å². The van der Waals surface area contributed by atoms with Gasteiger partial charge in [-0.05, 0) is 55.9 Å². The van der Waals surface area contributed by atoms with Crippen molar-refractivity contribution in [3.8, 4) is 5.69 Å². The molecule has 8 heteroatoms. The van der Waals surface area contributed by atoms with E-state index in [1.54, 1.807) is 12.1 Å². The number of methoxy groups -OCH3 is 1. The quantitative estimate of drug-likeness (QED) is 0.371. The summed E-state index contributed by atoms with van der Waals surface area (Å²) in [7, 11) is 2.84. The van der Waals surface area contributed by atoms with Crippen molar-refractivity contribution in [3.05, 3.63) is 58.4 Å². The SMILES string of the molecule is COC(=O)c1ccccc1-n1c(C)cc(C=C2C(=O)NC(=S)N(C)C2=O)c1C. The van der Waals surface area contributed by atoms with Crippen molar-refractivity contribution in [1.82, 2.24) is 14.8 Å². The van der Waals surface area contributed by atoms with Gasteiger partial charge in [-0.25, -0.2) is 4.79 Å². The van der Waals surface area contributed by atoms with E-state index in [0.717, 1.165) is 11.4 Å². The Balaban J connectivity index is 2.12. The van der Waals surface area contributed by atoms with Crippen molar-refractivity contribution in [3.63, 3.8) is 0 Å². The number of aromatic nitrogens is 1. The van der Waals surface area contributed by atoms with Gasteiger partial charge in [0.25, 0.3) is 11.8 Å². The number of aryl methyl sites for hydroxylation is 1. The van der Waals surface area contributed by atoms with Gasteiger partial charge in [0.05, 0.1) is 18.4 Å². The van der Waals surface area contributed by atoms with Crippen LogP contribution < -0.4 is 5.32 Å².